The summed E-state index contributed by atoms with van der Waals surface area (Å²) in [6.07, 6.45) is 0.577. The Morgan fingerprint density at radius 1 is 1.24 bits per heavy atom. The van der Waals surface area contributed by atoms with Gasteiger partial charge in [0, 0.05) is 6.54 Å². The van der Waals surface area contributed by atoms with Crippen LogP contribution >= 0.6 is 0 Å². The molecular formula is C15H17N3O3. The van der Waals surface area contributed by atoms with Gasteiger partial charge in [0.15, 0.2) is 0 Å². The van der Waals surface area contributed by atoms with Crippen LogP contribution in [-0.4, -0.2) is 41.2 Å². The molecule has 1 aromatic rings. The molecule has 0 radical (unpaired) electrons. The summed E-state index contributed by atoms with van der Waals surface area (Å²) >= 11 is 0. The van der Waals surface area contributed by atoms with Crippen LogP contribution in [0.2, 0.25) is 0 Å². The molecule has 21 heavy (non-hydrogen) atoms. The molecule has 1 saturated heterocycles. The summed E-state index contributed by atoms with van der Waals surface area (Å²) in [6, 6.07) is 6.96. The molecule has 0 spiro atoms. The molecule has 0 saturated carbocycles. The van der Waals surface area contributed by atoms with Gasteiger partial charge in [-0.05, 0) is 24.5 Å². The lowest BCUT2D eigenvalue weighted by atomic mass is 9.94. The highest BCUT2D eigenvalue weighted by molar-refractivity contribution is 6.04. The molecule has 2 aliphatic rings. The molecule has 1 fully saturated rings. The van der Waals surface area contributed by atoms with E-state index in [0.29, 0.717) is 13.0 Å². The summed E-state index contributed by atoms with van der Waals surface area (Å²) in [5.41, 5.74) is 2.32. The second-order valence-electron chi connectivity index (χ2n) is 5.46. The third kappa shape index (κ3) is 2.54. The highest BCUT2D eigenvalue weighted by Gasteiger charge is 2.37. The third-order valence-electron chi connectivity index (χ3n) is 4.09. The molecule has 0 bridgehead atoms. The minimum atomic E-state index is -0.617. The first-order valence-corrected chi connectivity index (χ1v) is 7.00. The molecule has 2 atom stereocenters. The maximum absolute atomic E-state index is 12.6. The number of amides is 3. The van der Waals surface area contributed by atoms with Crippen molar-refractivity contribution in [1.29, 1.82) is 0 Å². The van der Waals surface area contributed by atoms with E-state index in [1.807, 2.05) is 24.3 Å². The fourth-order valence-electron chi connectivity index (χ4n) is 2.81. The first-order valence-electron chi connectivity index (χ1n) is 7.00. The maximum Gasteiger partial charge on any atom is 0.249 e. The number of hydrogen-bond donors (Lipinski definition) is 2. The Hall–Kier alpha value is -2.21. The average molecular weight is 287 g/mol. The molecule has 3 amide bonds. The van der Waals surface area contributed by atoms with Gasteiger partial charge in [-0.1, -0.05) is 24.3 Å². The van der Waals surface area contributed by atoms with Crippen LogP contribution in [0.4, 0.5) is 0 Å². The second kappa shape index (κ2) is 5.29. The van der Waals surface area contributed by atoms with Crippen molar-refractivity contribution in [3.05, 3.63) is 35.4 Å². The summed E-state index contributed by atoms with van der Waals surface area (Å²) in [4.78, 5) is 37.1. The van der Waals surface area contributed by atoms with E-state index in [-0.39, 0.29) is 18.5 Å². The van der Waals surface area contributed by atoms with Crippen molar-refractivity contribution in [2.24, 2.45) is 0 Å². The summed E-state index contributed by atoms with van der Waals surface area (Å²) in [5.74, 6) is -1.04. The highest BCUT2D eigenvalue weighted by Crippen LogP contribution is 2.18. The number of carbonyl (C=O) groups is 3. The van der Waals surface area contributed by atoms with Gasteiger partial charge in [-0.2, -0.15) is 0 Å². The minimum Gasteiger partial charge on any atom is -0.320 e. The van der Waals surface area contributed by atoms with Gasteiger partial charge in [0.1, 0.15) is 12.6 Å². The van der Waals surface area contributed by atoms with Gasteiger partial charge in [0.25, 0.3) is 0 Å². The Balaban J connectivity index is 1.77. The van der Waals surface area contributed by atoms with Crippen molar-refractivity contribution in [2.45, 2.75) is 32.0 Å². The fourth-order valence-corrected chi connectivity index (χ4v) is 2.81. The van der Waals surface area contributed by atoms with Gasteiger partial charge >= 0.3 is 0 Å². The molecule has 6 heteroatoms. The minimum absolute atomic E-state index is 0.0639. The molecule has 3 rings (SSSR count). The highest BCUT2D eigenvalue weighted by atomic mass is 16.2. The van der Waals surface area contributed by atoms with Gasteiger partial charge in [0.05, 0.1) is 6.04 Å². The van der Waals surface area contributed by atoms with Crippen LogP contribution in [0, 0.1) is 0 Å². The SMILES string of the molecule is CC1C(=O)NC(=O)CN1C(=O)C1Cc2ccccc2CN1. The first kappa shape index (κ1) is 13.8. The largest absolute Gasteiger partial charge is 0.320 e. The Kier molecular flexibility index (Phi) is 3.47. The van der Waals surface area contributed by atoms with Crippen molar-refractivity contribution < 1.29 is 14.4 Å². The second-order valence-corrected chi connectivity index (χ2v) is 5.46. The summed E-state index contributed by atoms with van der Waals surface area (Å²) in [7, 11) is 0. The van der Waals surface area contributed by atoms with Gasteiger partial charge < -0.3 is 10.2 Å². The number of benzene rings is 1. The number of nitrogens with zero attached hydrogens (tertiary/aromatic N) is 1. The van der Waals surface area contributed by atoms with Crippen LogP contribution in [-0.2, 0) is 27.3 Å². The predicted molar refractivity (Wildman–Crippen MR) is 75.1 cm³/mol. The normalized spacial score (nSPS) is 25.3. The standard InChI is InChI=1S/C15H17N3O3/c1-9-14(20)17-13(19)8-18(9)15(21)12-6-10-4-2-3-5-11(10)7-16-12/h2-5,9,12,16H,6-8H2,1H3,(H,17,19,20). The van der Waals surface area contributed by atoms with E-state index in [1.165, 1.54) is 10.5 Å². The molecule has 2 N–H and O–H groups in total. The Bertz CT molecular complexity index is 614. The number of imide groups is 1. The molecule has 110 valence electrons. The molecule has 0 aromatic heterocycles. The maximum atomic E-state index is 12.6. The Morgan fingerprint density at radius 3 is 2.71 bits per heavy atom. The quantitative estimate of drug-likeness (QED) is 0.687. The zero-order valence-electron chi connectivity index (χ0n) is 11.8. The van der Waals surface area contributed by atoms with E-state index in [0.717, 1.165) is 5.56 Å². The number of carbonyl (C=O) groups excluding carboxylic acids is 3. The van der Waals surface area contributed by atoms with Crippen LogP contribution in [0.5, 0.6) is 0 Å². The van der Waals surface area contributed by atoms with Crippen LogP contribution < -0.4 is 10.6 Å². The van der Waals surface area contributed by atoms with Gasteiger partial charge in [-0.3, -0.25) is 19.7 Å². The van der Waals surface area contributed by atoms with E-state index < -0.39 is 17.9 Å². The van der Waals surface area contributed by atoms with Crippen molar-refractivity contribution in [3.8, 4) is 0 Å². The fraction of sp³-hybridized carbons (Fsp3) is 0.400. The number of rotatable bonds is 1. The van der Waals surface area contributed by atoms with Crippen LogP contribution in [0.1, 0.15) is 18.1 Å². The molecule has 2 unspecified atom stereocenters. The Labute approximate surface area is 122 Å². The van der Waals surface area contributed by atoms with E-state index in [1.54, 1.807) is 6.92 Å². The van der Waals surface area contributed by atoms with Crippen molar-refractivity contribution in [3.63, 3.8) is 0 Å². The number of piperazine rings is 1. The van der Waals surface area contributed by atoms with E-state index in [2.05, 4.69) is 10.6 Å². The number of nitrogens with one attached hydrogen (secondary N) is 2. The Morgan fingerprint density at radius 2 is 1.95 bits per heavy atom. The lowest BCUT2D eigenvalue weighted by Crippen LogP contribution is -2.62. The number of hydrogen-bond acceptors (Lipinski definition) is 4. The molecule has 2 aliphatic heterocycles. The summed E-state index contributed by atoms with van der Waals surface area (Å²) in [5, 5.41) is 5.43. The molecule has 0 aliphatic carbocycles. The average Bonchev–Trinajstić information content (AvgIpc) is 2.49. The van der Waals surface area contributed by atoms with E-state index >= 15 is 0 Å². The topological polar surface area (TPSA) is 78.5 Å². The van der Waals surface area contributed by atoms with Crippen molar-refractivity contribution in [1.82, 2.24) is 15.5 Å². The van der Waals surface area contributed by atoms with Gasteiger partial charge in [-0.15, -0.1) is 0 Å². The lowest BCUT2D eigenvalue weighted by Gasteiger charge is -2.36. The first-order chi connectivity index (χ1) is 10.1. The monoisotopic (exact) mass is 287 g/mol. The molecular weight excluding hydrogens is 270 g/mol. The predicted octanol–water partition coefficient (Wildman–Crippen LogP) is -0.426. The smallest absolute Gasteiger partial charge is 0.249 e. The van der Waals surface area contributed by atoms with Crippen molar-refractivity contribution >= 4 is 17.7 Å². The van der Waals surface area contributed by atoms with E-state index in [9.17, 15) is 14.4 Å². The van der Waals surface area contributed by atoms with Gasteiger partial charge in [0.2, 0.25) is 17.7 Å². The zero-order chi connectivity index (χ0) is 15.0. The van der Waals surface area contributed by atoms with Crippen LogP contribution in [0.3, 0.4) is 0 Å². The molecule has 1 aromatic carbocycles. The molecule has 6 nitrogen and oxygen atoms in total. The van der Waals surface area contributed by atoms with Crippen LogP contribution in [0.25, 0.3) is 0 Å². The van der Waals surface area contributed by atoms with Crippen molar-refractivity contribution in [2.75, 3.05) is 6.54 Å². The van der Waals surface area contributed by atoms with E-state index in [4.69, 9.17) is 0 Å². The summed E-state index contributed by atoms with van der Waals surface area (Å²) in [6.45, 7) is 2.19. The lowest BCUT2D eigenvalue weighted by molar-refractivity contribution is -0.150. The zero-order valence-corrected chi connectivity index (χ0v) is 11.8. The number of fused-ring (bicyclic) bond motifs is 1. The molecule has 2 heterocycles. The summed E-state index contributed by atoms with van der Waals surface area (Å²) < 4.78 is 0. The van der Waals surface area contributed by atoms with Gasteiger partial charge in [-0.25, -0.2) is 0 Å². The third-order valence-corrected chi connectivity index (χ3v) is 4.09. The van der Waals surface area contributed by atoms with Crippen LogP contribution in [0.15, 0.2) is 24.3 Å².